The Morgan fingerprint density at radius 3 is 2.46 bits per heavy atom. The fourth-order valence-electron chi connectivity index (χ4n) is 4.66. The van der Waals surface area contributed by atoms with Crippen LogP contribution in [0.2, 0.25) is 0 Å². The molecule has 4 rings (SSSR count). The lowest BCUT2D eigenvalue weighted by molar-refractivity contribution is -0.136. The van der Waals surface area contributed by atoms with Crippen LogP contribution in [0.25, 0.3) is 0 Å². The van der Waals surface area contributed by atoms with Gasteiger partial charge in [-0.25, -0.2) is 4.79 Å². The number of likely N-dealkylation sites (tertiary alicyclic amines) is 1. The summed E-state index contributed by atoms with van der Waals surface area (Å²) in [4.78, 5) is 54.4. The fraction of sp³-hybridized carbons (Fsp3) is 0.481. The monoisotopic (exact) mass is 525 g/mol. The molecule has 5 amide bonds. The number of carbonyl (C=O) groups excluding carboxylic acids is 4. The molecule has 2 aliphatic heterocycles. The van der Waals surface area contributed by atoms with Gasteiger partial charge in [0.1, 0.15) is 0 Å². The fourth-order valence-corrected chi connectivity index (χ4v) is 5.34. The van der Waals surface area contributed by atoms with Gasteiger partial charge in [0.2, 0.25) is 0 Å². The van der Waals surface area contributed by atoms with Crippen LogP contribution in [0.5, 0.6) is 0 Å². The summed E-state index contributed by atoms with van der Waals surface area (Å²) in [6.07, 6.45) is 3.17. The van der Waals surface area contributed by atoms with Crippen molar-refractivity contribution in [2.24, 2.45) is 5.92 Å². The van der Waals surface area contributed by atoms with E-state index in [0.717, 1.165) is 36.9 Å². The average molecular weight is 526 g/mol. The molecule has 1 fully saturated rings. The number of amides is 5. The molecular formula is C27H35N5O4S. The summed E-state index contributed by atoms with van der Waals surface area (Å²) in [7, 11) is 0. The van der Waals surface area contributed by atoms with Crippen molar-refractivity contribution < 1.29 is 19.2 Å². The van der Waals surface area contributed by atoms with Crippen molar-refractivity contribution >= 4 is 46.5 Å². The maximum Gasteiger partial charge on any atom is 0.317 e. The zero-order valence-corrected chi connectivity index (χ0v) is 22.5. The van der Waals surface area contributed by atoms with E-state index in [1.807, 2.05) is 50.4 Å². The van der Waals surface area contributed by atoms with Gasteiger partial charge in [-0.15, -0.1) is 11.3 Å². The van der Waals surface area contributed by atoms with Crippen molar-refractivity contribution in [3.8, 4) is 0 Å². The van der Waals surface area contributed by atoms with Gasteiger partial charge in [-0.2, -0.15) is 0 Å². The Bertz CT molecular complexity index is 1150. The molecule has 0 atom stereocenters. The van der Waals surface area contributed by atoms with Gasteiger partial charge in [-0.05, 0) is 87.6 Å². The summed E-state index contributed by atoms with van der Waals surface area (Å²) in [5.41, 5.74) is 2.06. The van der Waals surface area contributed by atoms with Crippen molar-refractivity contribution in [3.63, 3.8) is 0 Å². The van der Waals surface area contributed by atoms with E-state index in [-0.39, 0.29) is 23.4 Å². The van der Waals surface area contributed by atoms with Gasteiger partial charge in [-0.1, -0.05) is 6.07 Å². The lowest BCUT2D eigenvalue weighted by atomic mass is 9.97. The standard InChI is InChI=1S/C27H35N5O4S/c1-27(2,3)30-26(36)31-13-10-18(11-14-31)17-28-23(33)24(34)29-20-8-9-21-19(16-20)6-4-12-32(21)25(35)22-7-5-15-37-22/h5,7-9,15-16,18H,4,6,10-14,17H2,1-3H3,(H,28,33)(H,29,34)(H,30,36). The lowest BCUT2D eigenvalue weighted by Crippen LogP contribution is -2.51. The van der Waals surface area contributed by atoms with Crippen LogP contribution in [0.3, 0.4) is 0 Å². The average Bonchev–Trinajstić information content (AvgIpc) is 3.40. The van der Waals surface area contributed by atoms with Gasteiger partial charge in [0.05, 0.1) is 4.88 Å². The van der Waals surface area contributed by atoms with E-state index in [2.05, 4.69) is 16.0 Å². The number of hydrogen-bond donors (Lipinski definition) is 3. The van der Waals surface area contributed by atoms with Crippen LogP contribution in [-0.4, -0.2) is 60.4 Å². The number of urea groups is 1. The molecular weight excluding hydrogens is 490 g/mol. The first-order valence-corrected chi connectivity index (χ1v) is 13.6. The third-order valence-electron chi connectivity index (χ3n) is 6.57. The molecule has 2 aliphatic rings. The van der Waals surface area contributed by atoms with E-state index in [9.17, 15) is 19.2 Å². The summed E-state index contributed by atoms with van der Waals surface area (Å²) in [6, 6.07) is 9.01. The number of hydrogen-bond acceptors (Lipinski definition) is 5. The zero-order valence-electron chi connectivity index (χ0n) is 21.6. The molecule has 3 N–H and O–H groups in total. The smallest absolute Gasteiger partial charge is 0.317 e. The second-order valence-electron chi connectivity index (χ2n) is 10.7. The number of piperidine rings is 1. The molecule has 2 aromatic rings. The van der Waals surface area contributed by atoms with E-state index < -0.39 is 11.8 Å². The third-order valence-corrected chi connectivity index (χ3v) is 7.43. The van der Waals surface area contributed by atoms with Crippen LogP contribution in [0.1, 0.15) is 55.3 Å². The van der Waals surface area contributed by atoms with E-state index in [4.69, 9.17) is 0 Å². The van der Waals surface area contributed by atoms with Gasteiger partial charge in [-0.3, -0.25) is 14.4 Å². The quantitative estimate of drug-likeness (QED) is 0.530. The van der Waals surface area contributed by atoms with Gasteiger partial charge in [0, 0.05) is 43.1 Å². The number of benzene rings is 1. The van der Waals surface area contributed by atoms with Crippen molar-refractivity contribution in [1.82, 2.24) is 15.5 Å². The predicted octanol–water partition coefficient (Wildman–Crippen LogP) is 3.62. The highest BCUT2D eigenvalue weighted by Crippen LogP contribution is 2.31. The SMILES string of the molecule is CC(C)(C)NC(=O)N1CCC(CNC(=O)C(=O)Nc2ccc3c(c2)CCCN3C(=O)c2cccs2)CC1. The van der Waals surface area contributed by atoms with Crippen LogP contribution < -0.4 is 20.9 Å². The molecule has 0 spiro atoms. The number of carbonyl (C=O) groups is 4. The highest BCUT2D eigenvalue weighted by Gasteiger charge is 2.27. The lowest BCUT2D eigenvalue weighted by Gasteiger charge is -2.34. The van der Waals surface area contributed by atoms with Gasteiger partial charge in [0.15, 0.2) is 0 Å². The van der Waals surface area contributed by atoms with Crippen molar-refractivity contribution in [2.45, 2.75) is 52.0 Å². The molecule has 0 radical (unpaired) electrons. The Kier molecular flexibility index (Phi) is 8.16. The minimum absolute atomic E-state index is 0.0206. The third kappa shape index (κ3) is 6.88. The minimum Gasteiger partial charge on any atom is -0.348 e. The van der Waals surface area contributed by atoms with Crippen LogP contribution in [0, 0.1) is 5.92 Å². The Hall–Kier alpha value is -3.40. The summed E-state index contributed by atoms with van der Waals surface area (Å²) in [6.45, 7) is 8.13. The summed E-state index contributed by atoms with van der Waals surface area (Å²) in [5, 5.41) is 10.3. The van der Waals surface area contributed by atoms with E-state index >= 15 is 0 Å². The van der Waals surface area contributed by atoms with Gasteiger partial charge >= 0.3 is 17.8 Å². The number of thiophene rings is 1. The largest absolute Gasteiger partial charge is 0.348 e. The normalized spacial score (nSPS) is 16.1. The molecule has 0 aliphatic carbocycles. The first-order chi connectivity index (χ1) is 17.6. The molecule has 3 heterocycles. The Balaban J connectivity index is 1.26. The number of nitrogens with zero attached hydrogens (tertiary/aromatic N) is 2. The number of nitrogens with one attached hydrogen (secondary N) is 3. The summed E-state index contributed by atoms with van der Waals surface area (Å²) < 4.78 is 0. The number of rotatable bonds is 4. The Labute approximate surface area is 221 Å². The minimum atomic E-state index is -0.718. The molecule has 9 nitrogen and oxygen atoms in total. The molecule has 0 saturated carbocycles. The first kappa shape index (κ1) is 26.7. The van der Waals surface area contributed by atoms with Crippen molar-refractivity contribution in [1.29, 1.82) is 0 Å². The van der Waals surface area contributed by atoms with E-state index in [1.165, 1.54) is 11.3 Å². The van der Waals surface area contributed by atoms with Crippen molar-refractivity contribution in [2.75, 3.05) is 36.4 Å². The highest BCUT2D eigenvalue weighted by atomic mass is 32.1. The topological polar surface area (TPSA) is 111 Å². The maximum atomic E-state index is 12.9. The van der Waals surface area contributed by atoms with E-state index in [1.54, 1.807) is 15.9 Å². The molecule has 1 saturated heterocycles. The number of fused-ring (bicyclic) bond motifs is 1. The van der Waals surface area contributed by atoms with Crippen molar-refractivity contribution in [3.05, 3.63) is 46.2 Å². The number of anilines is 2. The van der Waals surface area contributed by atoms with Gasteiger partial charge in [0.25, 0.3) is 5.91 Å². The number of aryl methyl sites for hydroxylation is 1. The second kappa shape index (κ2) is 11.3. The second-order valence-corrected chi connectivity index (χ2v) is 11.6. The highest BCUT2D eigenvalue weighted by molar-refractivity contribution is 7.12. The molecule has 1 aromatic carbocycles. The molecule has 37 heavy (non-hydrogen) atoms. The molecule has 10 heteroatoms. The van der Waals surface area contributed by atoms with E-state index in [0.29, 0.717) is 36.7 Å². The molecule has 0 bridgehead atoms. The van der Waals surface area contributed by atoms with Crippen LogP contribution >= 0.6 is 11.3 Å². The Morgan fingerprint density at radius 1 is 1.03 bits per heavy atom. The Morgan fingerprint density at radius 2 is 1.78 bits per heavy atom. The van der Waals surface area contributed by atoms with Crippen LogP contribution in [0.4, 0.5) is 16.2 Å². The summed E-state index contributed by atoms with van der Waals surface area (Å²) in [5.74, 6) is -1.21. The van der Waals surface area contributed by atoms with Crippen LogP contribution in [-0.2, 0) is 16.0 Å². The van der Waals surface area contributed by atoms with Gasteiger partial charge < -0.3 is 25.8 Å². The molecule has 0 unspecified atom stereocenters. The predicted molar refractivity (Wildman–Crippen MR) is 145 cm³/mol. The maximum absolute atomic E-state index is 12.9. The zero-order chi connectivity index (χ0) is 26.6. The molecule has 1 aromatic heterocycles. The summed E-state index contributed by atoms with van der Waals surface area (Å²) >= 11 is 1.42. The van der Waals surface area contributed by atoms with Crippen LogP contribution in [0.15, 0.2) is 35.7 Å². The first-order valence-electron chi connectivity index (χ1n) is 12.8. The molecule has 198 valence electrons.